The Kier molecular flexibility index (Phi) is 5.32. The monoisotopic (exact) mass is 300 g/mol. The first-order valence-electron chi connectivity index (χ1n) is 6.25. The van der Waals surface area contributed by atoms with Crippen molar-refractivity contribution in [2.75, 3.05) is 12.9 Å². The molecule has 0 bridgehead atoms. The number of methoxy groups -OCH3 is 1. The lowest BCUT2D eigenvalue weighted by Crippen LogP contribution is -2.40. The molecule has 1 aliphatic heterocycles. The lowest BCUT2D eigenvalue weighted by molar-refractivity contribution is 0.377. The minimum atomic E-state index is -0.0453. The Morgan fingerprint density at radius 2 is 2.11 bits per heavy atom. The molecule has 0 saturated carbocycles. The summed E-state index contributed by atoms with van der Waals surface area (Å²) in [4.78, 5) is 8.59. The molecule has 1 aromatic rings. The second kappa shape index (κ2) is 6.78. The number of hydrogen-bond donors (Lipinski definition) is 2. The van der Waals surface area contributed by atoms with Crippen molar-refractivity contribution >= 4 is 23.5 Å². The third kappa shape index (κ3) is 3.34. The molecule has 0 spiro atoms. The van der Waals surface area contributed by atoms with Gasteiger partial charge in [-0.15, -0.1) is 0 Å². The maximum Gasteiger partial charge on any atom is 0.237 e. The van der Waals surface area contributed by atoms with Crippen molar-refractivity contribution in [2.24, 2.45) is 5.84 Å². The normalized spacial score (nSPS) is 28.9. The Labute approximate surface area is 122 Å². The summed E-state index contributed by atoms with van der Waals surface area (Å²) in [5.74, 6) is 7.33. The second-order valence-corrected chi connectivity index (χ2v) is 7.54. The van der Waals surface area contributed by atoms with E-state index in [1.54, 1.807) is 19.5 Å². The number of nitrogens with one attached hydrogen (secondary N) is 1. The summed E-state index contributed by atoms with van der Waals surface area (Å²) in [7, 11) is 1.61. The van der Waals surface area contributed by atoms with Gasteiger partial charge < -0.3 is 4.74 Å². The van der Waals surface area contributed by atoms with Crippen molar-refractivity contribution in [3.63, 3.8) is 0 Å². The summed E-state index contributed by atoms with van der Waals surface area (Å²) in [6.45, 7) is 4.53. The topological polar surface area (TPSA) is 73.1 Å². The van der Waals surface area contributed by atoms with E-state index in [4.69, 9.17) is 10.6 Å². The van der Waals surface area contributed by atoms with Crippen LogP contribution in [0.4, 0.5) is 0 Å². The molecular formula is C12H20N4OS2. The molecule has 106 valence electrons. The second-order valence-electron chi connectivity index (χ2n) is 4.51. The smallest absolute Gasteiger partial charge is 0.237 e. The van der Waals surface area contributed by atoms with Gasteiger partial charge in [0.25, 0.3) is 0 Å². The number of rotatable bonds is 4. The summed E-state index contributed by atoms with van der Waals surface area (Å²) in [5, 5.41) is 1.64. The first-order chi connectivity index (χ1) is 9.17. The molecule has 19 heavy (non-hydrogen) atoms. The van der Waals surface area contributed by atoms with Gasteiger partial charge >= 0.3 is 0 Å². The highest BCUT2D eigenvalue weighted by Crippen LogP contribution is 2.41. The highest BCUT2D eigenvalue weighted by Gasteiger charge is 2.34. The van der Waals surface area contributed by atoms with E-state index in [-0.39, 0.29) is 6.04 Å². The van der Waals surface area contributed by atoms with Gasteiger partial charge in [-0.2, -0.15) is 23.5 Å². The van der Waals surface area contributed by atoms with E-state index < -0.39 is 0 Å². The fourth-order valence-electron chi connectivity index (χ4n) is 2.05. The summed E-state index contributed by atoms with van der Waals surface area (Å²) >= 11 is 3.94. The van der Waals surface area contributed by atoms with Gasteiger partial charge in [-0.3, -0.25) is 16.3 Å². The van der Waals surface area contributed by atoms with Crippen LogP contribution in [0.5, 0.6) is 5.88 Å². The number of ether oxygens (including phenoxy) is 1. The lowest BCUT2D eigenvalue weighted by atomic mass is 10.1. The van der Waals surface area contributed by atoms with Crippen molar-refractivity contribution in [1.29, 1.82) is 0 Å². The van der Waals surface area contributed by atoms with Gasteiger partial charge in [-0.05, 0) is 0 Å². The first kappa shape index (κ1) is 14.9. The molecule has 4 atom stereocenters. The molecule has 0 amide bonds. The van der Waals surface area contributed by atoms with Gasteiger partial charge in [-0.1, -0.05) is 13.8 Å². The molecule has 3 N–H and O–H groups in total. The first-order valence-corrected chi connectivity index (χ1v) is 8.24. The predicted octanol–water partition coefficient (Wildman–Crippen LogP) is 1.62. The molecule has 1 aromatic heterocycles. The van der Waals surface area contributed by atoms with E-state index in [1.165, 1.54) is 0 Å². The molecule has 0 radical (unpaired) electrons. The van der Waals surface area contributed by atoms with Crippen LogP contribution in [-0.4, -0.2) is 38.6 Å². The molecule has 0 aliphatic carbocycles. The third-order valence-electron chi connectivity index (χ3n) is 3.30. The van der Waals surface area contributed by atoms with Gasteiger partial charge in [0.15, 0.2) is 0 Å². The number of hydrazine groups is 1. The SMILES string of the molecule is COc1nccnc1C(NN)C1CSC(C)C(C)S1. The van der Waals surface area contributed by atoms with Crippen LogP contribution in [0.3, 0.4) is 0 Å². The fourth-order valence-corrected chi connectivity index (χ4v) is 5.12. The molecule has 2 rings (SSSR count). The molecular weight excluding hydrogens is 280 g/mol. The third-order valence-corrected chi connectivity index (χ3v) is 6.80. The maximum absolute atomic E-state index is 5.74. The van der Waals surface area contributed by atoms with E-state index in [0.717, 1.165) is 11.4 Å². The Hall–Kier alpha value is -0.500. The van der Waals surface area contributed by atoms with Crippen molar-refractivity contribution in [1.82, 2.24) is 15.4 Å². The van der Waals surface area contributed by atoms with E-state index in [9.17, 15) is 0 Å². The highest BCUT2D eigenvalue weighted by molar-refractivity contribution is 8.07. The van der Waals surface area contributed by atoms with Crippen LogP contribution in [0, 0.1) is 0 Å². The van der Waals surface area contributed by atoms with Crippen molar-refractivity contribution in [2.45, 2.75) is 35.6 Å². The number of aromatic nitrogens is 2. The van der Waals surface area contributed by atoms with E-state index in [1.807, 2.05) is 23.5 Å². The zero-order valence-corrected chi connectivity index (χ0v) is 13.0. The van der Waals surface area contributed by atoms with Crippen molar-refractivity contribution < 1.29 is 4.74 Å². The van der Waals surface area contributed by atoms with Crippen molar-refractivity contribution in [3.8, 4) is 5.88 Å². The predicted molar refractivity (Wildman–Crippen MR) is 81.4 cm³/mol. The molecule has 4 unspecified atom stereocenters. The summed E-state index contributed by atoms with van der Waals surface area (Å²) in [6.07, 6.45) is 3.30. The quantitative estimate of drug-likeness (QED) is 0.646. The molecule has 1 aliphatic rings. The average molecular weight is 300 g/mol. The van der Waals surface area contributed by atoms with Crippen LogP contribution in [0.1, 0.15) is 25.6 Å². The number of nitrogens with zero attached hydrogens (tertiary/aromatic N) is 2. The van der Waals surface area contributed by atoms with Crippen LogP contribution >= 0.6 is 23.5 Å². The van der Waals surface area contributed by atoms with Crippen LogP contribution in [0.25, 0.3) is 0 Å². The Bertz CT molecular complexity index is 420. The number of hydrogen-bond acceptors (Lipinski definition) is 7. The fraction of sp³-hybridized carbons (Fsp3) is 0.667. The largest absolute Gasteiger partial charge is 0.480 e. The standard InChI is InChI=1S/C12H20N4OS2/c1-7-8(2)19-9(6-18-7)10(16-13)11-12(17-3)15-5-4-14-11/h4-5,7-10,16H,6,13H2,1-3H3. The molecule has 1 fully saturated rings. The Morgan fingerprint density at radius 1 is 1.37 bits per heavy atom. The van der Waals surface area contributed by atoms with Gasteiger partial charge in [0.05, 0.1) is 13.2 Å². The lowest BCUT2D eigenvalue weighted by Gasteiger charge is -2.35. The van der Waals surface area contributed by atoms with E-state index in [2.05, 4.69) is 29.2 Å². The van der Waals surface area contributed by atoms with Gasteiger partial charge in [-0.25, -0.2) is 4.98 Å². The average Bonchev–Trinajstić information content (AvgIpc) is 2.44. The zero-order chi connectivity index (χ0) is 13.8. The summed E-state index contributed by atoms with van der Waals surface area (Å²) in [5.41, 5.74) is 3.67. The van der Waals surface area contributed by atoms with Crippen LogP contribution in [0.15, 0.2) is 12.4 Å². The highest BCUT2D eigenvalue weighted by atomic mass is 32.2. The van der Waals surface area contributed by atoms with Crippen molar-refractivity contribution in [3.05, 3.63) is 18.1 Å². The van der Waals surface area contributed by atoms with Gasteiger partial charge in [0, 0.05) is 33.9 Å². The number of thioether (sulfide) groups is 2. The molecule has 1 saturated heterocycles. The minimum Gasteiger partial charge on any atom is -0.480 e. The van der Waals surface area contributed by atoms with Crippen LogP contribution in [0.2, 0.25) is 0 Å². The van der Waals surface area contributed by atoms with Gasteiger partial charge in [0.2, 0.25) is 5.88 Å². The van der Waals surface area contributed by atoms with Crippen LogP contribution in [-0.2, 0) is 0 Å². The maximum atomic E-state index is 5.74. The van der Waals surface area contributed by atoms with Gasteiger partial charge in [0.1, 0.15) is 5.69 Å². The summed E-state index contributed by atoms with van der Waals surface area (Å²) in [6, 6.07) is -0.0453. The zero-order valence-electron chi connectivity index (χ0n) is 11.4. The molecule has 5 nitrogen and oxygen atoms in total. The number of nitrogens with two attached hydrogens (primary N) is 1. The van der Waals surface area contributed by atoms with E-state index in [0.29, 0.717) is 21.6 Å². The Balaban J connectivity index is 2.20. The molecule has 0 aromatic carbocycles. The van der Waals surface area contributed by atoms with E-state index >= 15 is 0 Å². The van der Waals surface area contributed by atoms with Crippen LogP contribution < -0.4 is 16.0 Å². The summed E-state index contributed by atoms with van der Waals surface area (Å²) < 4.78 is 5.28. The molecule has 2 heterocycles. The Morgan fingerprint density at radius 3 is 2.74 bits per heavy atom. The molecule has 7 heteroatoms. The minimum absolute atomic E-state index is 0.0453.